The molecule has 1 aliphatic heterocycles. The van der Waals surface area contributed by atoms with Gasteiger partial charge in [-0.25, -0.2) is 9.97 Å². The molecule has 0 unspecified atom stereocenters. The lowest BCUT2D eigenvalue weighted by Crippen LogP contribution is -2.43. The van der Waals surface area contributed by atoms with Crippen molar-refractivity contribution in [1.29, 1.82) is 0 Å². The lowest BCUT2D eigenvalue weighted by Gasteiger charge is -2.34. The van der Waals surface area contributed by atoms with Gasteiger partial charge in [0.05, 0.1) is 10.3 Å². The molecule has 2 aromatic rings. The minimum Gasteiger partial charge on any atom is -0.356 e. The summed E-state index contributed by atoms with van der Waals surface area (Å²) in [4.78, 5) is 26.8. The van der Waals surface area contributed by atoms with Gasteiger partial charge < -0.3 is 10.2 Å². The van der Waals surface area contributed by atoms with Crippen molar-refractivity contribution in [2.24, 2.45) is 11.8 Å². The molecule has 0 spiro atoms. The van der Waals surface area contributed by atoms with Crippen LogP contribution in [-0.2, 0) is 0 Å². The number of thiophene rings is 1. The van der Waals surface area contributed by atoms with Crippen LogP contribution in [0.5, 0.6) is 0 Å². The average Bonchev–Trinajstić information content (AvgIpc) is 3.02. The van der Waals surface area contributed by atoms with Gasteiger partial charge in [-0.05, 0) is 56.9 Å². The highest BCUT2D eigenvalue weighted by atomic mass is 32.1. The number of anilines is 1. The first-order chi connectivity index (χ1) is 13.5. The topological polar surface area (TPSA) is 58.1 Å². The van der Waals surface area contributed by atoms with E-state index in [0.717, 1.165) is 51.8 Å². The van der Waals surface area contributed by atoms with Crippen molar-refractivity contribution in [2.75, 3.05) is 18.0 Å². The van der Waals surface area contributed by atoms with Crippen LogP contribution in [0.15, 0.2) is 0 Å². The fourth-order valence-corrected chi connectivity index (χ4v) is 5.92. The monoisotopic (exact) mass is 400 g/mol. The van der Waals surface area contributed by atoms with E-state index >= 15 is 0 Å². The molecular formula is C22H32N4OS. The van der Waals surface area contributed by atoms with E-state index in [1.807, 2.05) is 6.92 Å². The number of hydrogen-bond donors (Lipinski definition) is 1. The van der Waals surface area contributed by atoms with Gasteiger partial charge in [-0.1, -0.05) is 26.7 Å². The molecule has 2 aromatic heterocycles. The fourth-order valence-electron chi connectivity index (χ4n) is 4.79. The van der Waals surface area contributed by atoms with E-state index < -0.39 is 0 Å². The van der Waals surface area contributed by atoms with Crippen LogP contribution in [0, 0.1) is 25.7 Å². The third-order valence-corrected chi connectivity index (χ3v) is 7.95. The van der Waals surface area contributed by atoms with Crippen LogP contribution in [0.4, 0.5) is 5.82 Å². The van der Waals surface area contributed by atoms with E-state index in [-0.39, 0.29) is 11.9 Å². The molecule has 3 heterocycles. The highest BCUT2D eigenvalue weighted by Crippen LogP contribution is 2.37. The second kappa shape index (κ2) is 7.97. The first kappa shape index (κ1) is 19.6. The smallest absolute Gasteiger partial charge is 0.261 e. The van der Waals surface area contributed by atoms with Gasteiger partial charge in [0.1, 0.15) is 16.5 Å². The number of rotatable bonds is 3. The van der Waals surface area contributed by atoms with E-state index in [1.165, 1.54) is 43.4 Å². The lowest BCUT2D eigenvalue weighted by molar-refractivity contribution is 0.0895. The van der Waals surface area contributed by atoms with Crippen molar-refractivity contribution in [3.8, 4) is 0 Å². The molecule has 1 amide bonds. The van der Waals surface area contributed by atoms with Crippen molar-refractivity contribution in [3.05, 3.63) is 16.3 Å². The summed E-state index contributed by atoms with van der Waals surface area (Å²) < 4.78 is 0. The number of nitrogens with one attached hydrogen (secondary N) is 1. The Morgan fingerprint density at radius 3 is 2.57 bits per heavy atom. The summed E-state index contributed by atoms with van der Waals surface area (Å²) in [7, 11) is 0. The Hall–Kier alpha value is -1.69. The standard InChI is InChI=1S/C22H32N4OS/c1-13-9-8-10-17(14(13)2)25-21(27)19-15(3)18-20(26-11-6-5-7-12-26)23-16(4)24-22(18)28-19/h13-14,17H,5-12H2,1-4H3,(H,25,27)/t13-,14+,17-/m1/s1. The van der Waals surface area contributed by atoms with Crippen LogP contribution in [0.3, 0.4) is 0 Å². The number of nitrogens with zero attached hydrogens (tertiary/aromatic N) is 3. The Morgan fingerprint density at radius 2 is 1.82 bits per heavy atom. The maximum Gasteiger partial charge on any atom is 0.261 e. The van der Waals surface area contributed by atoms with Crippen molar-refractivity contribution in [1.82, 2.24) is 15.3 Å². The maximum absolute atomic E-state index is 13.2. The summed E-state index contributed by atoms with van der Waals surface area (Å²) in [6.07, 6.45) is 7.25. The summed E-state index contributed by atoms with van der Waals surface area (Å²) in [6, 6.07) is 0.273. The minimum atomic E-state index is 0.0636. The number of fused-ring (bicyclic) bond motifs is 1. The normalized spacial score (nSPS) is 25.9. The van der Waals surface area contributed by atoms with Gasteiger partial charge in [0.25, 0.3) is 5.91 Å². The van der Waals surface area contributed by atoms with E-state index in [4.69, 9.17) is 4.98 Å². The fraction of sp³-hybridized carbons (Fsp3) is 0.682. The third-order valence-electron chi connectivity index (χ3n) is 6.77. The summed E-state index contributed by atoms with van der Waals surface area (Å²) in [5, 5.41) is 4.42. The Morgan fingerprint density at radius 1 is 1.07 bits per heavy atom. The van der Waals surface area contributed by atoms with Gasteiger partial charge in [-0.3, -0.25) is 4.79 Å². The van der Waals surface area contributed by atoms with Crippen LogP contribution < -0.4 is 10.2 Å². The molecule has 6 heteroatoms. The Balaban J connectivity index is 1.66. The molecule has 1 saturated carbocycles. The number of piperidine rings is 1. The number of aromatic nitrogens is 2. The summed E-state index contributed by atoms with van der Waals surface area (Å²) in [6.45, 7) is 10.7. The molecule has 0 aromatic carbocycles. The molecule has 152 valence electrons. The van der Waals surface area contributed by atoms with Crippen LogP contribution in [0.2, 0.25) is 0 Å². The average molecular weight is 401 g/mol. The van der Waals surface area contributed by atoms with Gasteiger partial charge in [-0.15, -0.1) is 11.3 Å². The Kier molecular flexibility index (Phi) is 5.59. The zero-order valence-corrected chi connectivity index (χ0v) is 18.4. The van der Waals surface area contributed by atoms with Crippen LogP contribution in [-0.4, -0.2) is 35.0 Å². The van der Waals surface area contributed by atoms with E-state index in [2.05, 4.69) is 36.0 Å². The minimum absolute atomic E-state index is 0.0636. The van der Waals surface area contributed by atoms with Gasteiger partial charge in [-0.2, -0.15) is 0 Å². The number of carbonyl (C=O) groups is 1. The second-order valence-electron chi connectivity index (χ2n) is 8.73. The predicted molar refractivity (Wildman–Crippen MR) is 116 cm³/mol. The molecule has 1 N–H and O–H groups in total. The Bertz CT molecular complexity index is 871. The highest BCUT2D eigenvalue weighted by Gasteiger charge is 2.30. The molecular weight excluding hydrogens is 368 g/mol. The summed E-state index contributed by atoms with van der Waals surface area (Å²) >= 11 is 1.53. The van der Waals surface area contributed by atoms with Crippen molar-refractivity contribution >= 4 is 33.3 Å². The van der Waals surface area contributed by atoms with Crippen molar-refractivity contribution in [3.63, 3.8) is 0 Å². The summed E-state index contributed by atoms with van der Waals surface area (Å²) in [5.41, 5.74) is 1.04. The molecule has 28 heavy (non-hydrogen) atoms. The maximum atomic E-state index is 13.2. The number of amides is 1. The quantitative estimate of drug-likeness (QED) is 0.800. The molecule has 2 aliphatic rings. The van der Waals surface area contributed by atoms with Gasteiger partial charge in [0.15, 0.2) is 0 Å². The third kappa shape index (κ3) is 3.63. The van der Waals surface area contributed by atoms with Crippen molar-refractivity contribution in [2.45, 2.75) is 72.3 Å². The SMILES string of the molecule is Cc1nc(N2CCCCC2)c2c(C)c(C(=O)N[C@@H]3CCC[C@@H](C)[C@@H]3C)sc2n1. The zero-order chi connectivity index (χ0) is 19.8. The van der Waals surface area contributed by atoms with Gasteiger partial charge in [0.2, 0.25) is 0 Å². The zero-order valence-electron chi connectivity index (χ0n) is 17.5. The molecule has 5 nitrogen and oxygen atoms in total. The van der Waals surface area contributed by atoms with Crippen LogP contribution in [0.1, 0.15) is 73.4 Å². The van der Waals surface area contributed by atoms with Gasteiger partial charge in [0, 0.05) is 19.1 Å². The number of carbonyl (C=O) groups excluding carboxylic acids is 1. The van der Waals surface area contributed by atoms with E-state index in [1.54, 1.807) is 0 Å². The van der Waals surface area contributed by atoms with Gasteiger partial charge >= 0.3 is 0 Å². The lowest BCUT2D eigenvalue weighted by atomic mass is 9.78. The summed E-state index contributed by atoms with van der Waals surface area (Å²) in [5.74, 6) is 3.07. The Labute approximate surface area is 171 Å². The number of aryl methyl sites for hydroxylation is 2. The van der Waals surface area contributed by atoms with Crippen LogP contribution in [0.25, 0.3) is 10.2 Å². The predicted octanol–water partition coefficient (Wildman–Crippen LogP) is 4.85. The molecule has 0 radical (unpaired) electrons. The first-order valence-corrected chi connectivity index (χ1v) is 11.6. The van der Waals surface area contributed by atoms with Crippen LogP contribution >= 0.6 is 11.3 Å². The molecule has 1 aliphatic carbocycles. The number of hydrogen-bond acceptors (Lipinski definition) is 5. The van der Waals surface area contributed by atoms with E-state index in [0.29, 0.717) is 11.8 Å². The highest BCUT2D eigenvalue weighted by molar-refractivity contribution is 7.20. The van der Waals surface area contributed by atoms with Crippen molar-refractivity contribution < 1.29 is 4.79 Å². The largest absolute Gasteiger partial charge is 0.356 e. The molecule has 3 atom stereocenters. The first-order valence-electron chi connectivity index (χ1n) is 10.8. The molecule has 2 fully saturated rings. The molecule has 4 rings (SSSR count). The second-order valence-corrected chi connectivity index (χ2v) is 9.72. The van der Waals surface area contributed by atoms with E-state index in [9.17, 15) is 4.79 Å². The molecule has 0 bridgehead atoms. The molecule has 1 saturated heterocycles.